The number of unbranched alkanes of at least 4 members (excludes halogenated alkanes) is 1. The van der Waals surface area contributed by atoms with Crippen LogP contribution in [0.4, 0.5) is 4.79 Å². The molecule has 1 saturated heterocycles. The molecular weight excluding hydrogens is 266 g/mol. The first-order valence-electron chi connectivity index (χ1n) is 8.37. The van der Waals surface area contributed by atoms with Gasteiger partial charge >= 0.3 is 6.03 Å². The van der Waals surface area contributed by atoms with E-state index in [1.54, 1.807) is 0 Å². The second kappa shape index (κ2) is 9.64. The number of piperidine rings is 1. The number of carbonyl (C=O) groups excluding carboxylic acids is 2. The Labute approximate surface area is 128 Å². The van der Waals surface area contributed by atoms with Gasteiger partial charge in [0.25, 0.3) is 0 Å². The lowest BCUT2D eigenvalue weighted by atomic mass is 9.93. The van der Waals surface area contributed by atoms with Gasteiger partial charge in [-0.3, -0.25) is 4.79 Å². The Morgan fingerprint density at radius 1 is 1.29 bits per heavy atom. The Morgan fingerprint density at radius 2 is 1.95 bits per heavy atom. The number of hydrogen-bond acceptors (Lipinski definition) is 2. The third-order valence-corrected chi connectivity index (χ3v) is 4.48. The van der Waals surface area contributed by atoms with Crippen molar-refractivity contribution in [3.05, 3.63) is 0 Å². The average molecular weight is 297 g/mol. The summed E-state index contributed by atoms with van der Waals surface area (Å²) < 4.78 is 0. The van der Waals surface area contributed by atoms with E-state index in [0.717, 1.165) is 38.9 Å². The van der Waals surface area contributed by atoms with Gasteiger partial charge in [-0.25, -0.2) is 4.79 Å². The first kappa shape index (κ1) is 17.8. The maximum Gasteiger partial charge on any atom is 0.317 e. The van der Waals surface area contributed by atoms with Crippen molar-refractivity contribution in [1.82, 2.24) is 10.2 Å². The van der Waals surface area contributed by atoms with Gasteiger partial charge in [-0.2, -0.15) is 0 Å². The smallest absolute Gasteiger partial charge is 0.317 e. The second-order valence-corrected chi connectivity index (χ2v) is 6.20. The van der Waals surface area contributed by atoms with E-state index in [-0.39, 0.29) is 11.9 Å². The van der Waals surface area contributed by atoms with Crippen LogP contribution in [0.3, 0.4) is 0 Å². The van der Waals surface area contributed by atoms with E-state index in [1.807, 2.05) is 4.90 Å². The number of hydrogen-bond donors (Lipinski definition) is 2. The number of rotatable bonds is 8. The lowest BCUT2D eigenvalue weighted by Gasteiger charge is -2.32. The molecule has 1 aliphatic heterocycles. The molecule has 0 saturated carbocycles. The summed E-state index contributed by atoms with van der Waals surface area (Å²) in [5.41, 5.74) is 5.22. The van der Waals surface area contributed by atoms with Crippen molar-refractivity contribution in [3.63, 3.8) is 0 Å². The predicted octanol–water partition coefficient (Wildman–Crippen LogP) is 2.50. The number of primary amides is 1. The summed E-state index contributed by atoms with van der Waals surface area (Å²) in [7, 11) is 0. The number of nitrogens with two attached hydrogens (primary N) is 1. The van der Waals surface area contributed by atoms with E-state index in [9.17, 15) is 9.59 Å². The van der Waals surface area contributed by atoms with Crippen LogP contribution in [0.2, 0.25) is 0 Å². The van der Waals surface area contributed by atoms with Gasteiger partial charge in [-0.05, 0) is 31.1 Å². The van der Waals surface area contributed by atoms with Crippen molar-refractivity contribution < 1.29 is 9.59 Å². The number of amides is 3. The topological polar surface area (TPSA) is 75.4 Å². The quantitative estimate of drug-likeness (QED) is 0.722. The first-order valence-corrected chi connectivity index (χ1v) is 8.37. The molecule has 21 heavy (non-hydrogen) atoms. The third-order valence-electron chi connectivity index (χ3n) is 4.48. The van der Waals surface area contributed by atoms with Crippen molar-refractivity contribution in [1.29, 1.82) is 0 Å². The summed E-state index contributed by atoms with van der Waals surface area (Å²) in [5, 5.41) is 3.06. The minimum atomic E-state index is -0.236. The van der Waals surface area contributed by atoms with Gasteiger partial charge in [0.1, 0.15) is 0 Å². The molecule has 0 aromatic rings. The normalized spacial score (nSPS) is 17.5. The Balaban J connectivity index is 2.25. The summed E-state index contributed by atoms with van der Waals surface area (Å²) >= 11 is 0. The Bertz CT molecular complexity index is 325. The lowest BCUT2D eigenvalue weighted by molar-refractivity contribution is -0.119. The van der Waals surface area contributed by atoms with Gasteiger partial charge < -0.3 is 16.0 Å². The highest BCUT2D eigenvalue weighted by Crippen LogP contribution is 2.20. The van der Waals surface area contributed by atoms with Crippen LogP contribution in [0.25, 0.3) is 0 Å². The van der Waals surface area contributed by atoms with Crippen molar-refractivity contribution in [3.8, 4) is 0 Å². The predicted molar refractivity (Wildman–Crippen MR) is 84.8 cm³/mol. The number of nitrogens with one attached hydrogen (secondary N) is 1. The highest BCUT2D eigenvalue weighted by molar-refractivity contribution is 5.75. The fraction of sp³-hybridized carbons (Fsp3) is 0.875. The van der Waals surface area contributed by atoms with Gasteiger partial charge in [0, 0.05) is 26.1 Å². The Kier molecular flexibility index (Phi) is 8.16. The summed E-state index contributed by atoms with van der Waals surface area (Å²) in [6.45, 7) is 6.62. The Morgan fingerprint density at radius 3 is 2.48 bits per heavy atom. The highest BCUT2D eigenvalue weighted by atomic mass is 16.2. The van der Waals surface area contributed by atoms with Crippen LogP contribution < -0.4 is 11.1 Å². The zero-order chi connectivity index (χ0) is 15.7. The highest BCUT2D eigenvalue weighted by Gasteiger charge is 2.23. The van der Waals surface area contributed by atoms with Crippen LogP contribution in [-0.4, -0.2) is 36.5 Å². The third kappa shape index (κ3) is 6.82. The summed E-state index contributed by atoms with van der Waals surface area (Å²) in [4.78, 5) is 24.9. The van der Waals surface area contributed by atoms with Crippen LogP contribution in [0.15, 0.2) is 0 Å². The van der Waals surface area contributed by atoms with Gasteiger partial charge in [-0.1, -0.05) is 33.1 Å². The fourth-order valence-electron chi connectivity index (χ4n) is 2.91. The van der Waals surface area contributed by atoms with E-state index in [2.05, 4.69) is 19.2 Å². The molecular formula is C16H31N3O2. The number of nitrogens with zero attached hydrogens (tertiary/aromatic N) is 1. The molecule has 3 N–H and O–H groups in total. The van der Waals surface area contributed by atoms with E-state index < -0.39 is 0 Å². The summed E-state index contributed by atoms with van der Waals surface area (Å²) in [6, 6.07) is 0.0440. The maximum absolute atomic E-state index is 12.1. The van der Waals surface area contributed by atoms with E-state index in [1.165, 1.54) is 19.3 Å². The second-order valence-electron chi connectivity index (χ2n) is 6.20. The summed E-state index contributed by atoms with van der Waals surface area (Å²) in [5.74, 6) is 0.695. The SMILES string of the molecule is CCCCC(CC)CNC(=O)N1CCC(CC(N)=O)CC1. The fourth-order valence-corrected chi connectivity index (χ4v) is 2.91. The minimum Gasteiger partial charge on any atom is -0.370 e. The minimum absolute atomic E-state index is 0.0440. The molecule has 1 unspecified atom stereocenters. The van der Waals surface area contributed by atoms with Gasteiger partial charge in [0.15, 0.2) is 0 Å². The van der Waals surface area contributed by atoms with Gasteiger partial charge in [-0.15, -0.1) is 0 Å². The molecule has 0 aromatic heterocycles. The van der Waals surface area contributed by atoms with Crippen LogP contribution in [0.1, 0.15) is 58.8 Å². The molecule has 3 amide bonds. The average Bonchev–Trinajstić information content (AvgIpc) is 2.47. The van der Waals surface area contributed by atoms with Crippen molar-refractivity contribution >= 4 is 11.9 Å². The van der Waals surface area contributed by atoms with E-state index in [0.29, 0.717) is 18.3 Å². The molecule has 5 heteroatoms. The molecule has 0 radical (unpaired) electrons. The lowest BCUT2D eigenvalue weighted by Crippen LogP contribution is -2.46. The molecule has 1 heterocycles. The van der Waals surface area contributed by atoms with Crippen LogP contribution in [0, 0.1) is 11.8 Å². The molecule has 0 spiro atoms. The van der Waals surface area contributed by atoms with E-state index in [4.69, 9.17) is 5.73 Å². The van der Waals surface area contributed by atoms with Gasteiger partial charge in [0.05, 0.1) is 0 Å². The molecule has 1 aliphatic rings. The van der Waals surface area contributed by atoms with Gasteiger partial charge in [0.2, 0.25) is 5.91 Å². The van der Waals surface area contributed by atoms with Crippen LogP contribution >= 0.6 is 0 Å². The van der Waals surface area contributed by atoms with Crippen molar-refractivity contribution in [2.24, 2.45) is 17.6 Å². The number of likely N-dealkylation sites (tertiary alicyclic amines) is 1. The standard InChI is InChI=1S/C16H31N3O2/c1-3-5-6-13(4-2)12-18-16(21)19-9-7-14(8-10-19)11-15(17)20/h13-14H,3-12H2,1-2H3,(H2,17,20)(H,18,21). The molecule has 0 aromatic carbocycles. The van der Waals surface area contributed by atoms with Crippen LogP contribution in [0.5, 0.6) is 0 Å². The zero-order valence-electron chi connectivity index (χ0n) is 13.6. The van der Waals surface area contributed by atoms with Crippen molar-refractivity contribution in [2.75, 3.05) is 19.6 Å². The number of carbonyl (C=O) groups is 2. The maximum atomic E-state index is 12.1. The Hall–Kier alpha value is -1.26. The van der Waals surface area contributed by atoms with Crippen molar-refractivity contribution in [2.45, 2.75) is 58.8 Å². The molecule has 5 nitrogen and oxygen atoms in total. The largest absolute Gasteiger partial charge is 0.370 e. The molecule has 1 rings (SSSR count). The zero-order valence-corrected chi connectivity index (χ0v) is 13.6. The molecule has 0 aliphatic carbocycles. The van der Waals surface area contributed by atoms with Crippen LogP contribution in [-0.2, 0) is 4.79 Å². The molecule has 0 bridgehead atoms. The number of urea groups is 1. The first-order chi connectivity index (χ1) is 10.1. The molecule has 1 atom stereocenters. The monoisotopic (exact) mass is 297 g/mol. The summed E-state index contributed by atoms with van der Waals surface area (Å²) in [6.07, 6.45) is 6.94. The molecule has 122 valence electrons. The molecule has 1 fully saturated rings. The van der Waals surface area contributed by atoms with E-state index >= 15 is 0 Å².